The van der Waals surface area contributed by atoms with E-state index >= 15 is 0 Å². The molecule has 1 aromatic heterocycles. The first kappa shape index (κ1) is 11.0. The van der Waals surface area contributed by atoms with Gasteiger partial charge in [0.2, 0.25) is 0 Å². The third kappa shape index (κ3) is 3.54. The van der Waals surface area contributed by atoms with Crippen molar-refractivity contribution < 1.29 is 0 Å². The summed E-state index contributed by atoms with van der Waals surface area (Å²) in [4.78, 5) is 0. The van der Waals surface area contributed by atoms with Crippen molar-refractivity contribution in [2.24, 2.45) is 0 Å². The molecule has 1 heterocycles. The fraction of sp³-hybridized carbons (Fsp3) is 0.818. The summed E-state index contributed by atoms with van der Waals surface area (Å²) in [6.07, 6.45) is 5.00. The fourth-order valence-corrected chi connectivity index (χ4v) is 2.32. The fourth-order valence-electron chi connectivity index (χ4n) is 1.43. The molecule has 1 fully saturated rings. The number of rotatable bonds is 6. The highest BCUT2D eigenvalue weighted by Crippen LogP contribution is 2.20. The Morgan fingerprint density at radius 3 is 2.80 bits per heavy atom. The molecule has 0 unspecified atom stereocenters. The monoisotopic (exact) mass is 225 g/mol. The van der Waals surface area contributed by atoms with Crippen LogP contribution in [0.4, 0.5) is 0 Å². The van der Waals surface area contributed by atoms with Gasteiger partial charge in [0.05, 0.1) is 0 Å². The zero-order valence-electron chi connectivity index (χ0n) is 9.49. The van der Waals surface area contributed by atoms with Crippen molar-refractivity contribution in [3.63, 3.8) is 0 Å². The van der Waals surface area contributed by atoms with E-state index in [2.05, 4.69) is 29.4 Å². The van der Waals surface area contributed by atoms with Gasteiger partial charge in [-0.2, -0.15) is 0 Å². The maximum Gasteiger partial charge on any atom is 0.119 e. The predicted octanol–water partition coefficient (Wildman–Crippen LogP) is 2.35. The van der Waals surface area contributed by atoms with Crippen LogP contribution in [0.2, 0.25) is 0 Å². The molecule has 1 saturated carbocycles. The van der Waals surface area contributed by atoms with Gasteiger partial charge in [0.25, 0.3) is 0 Å². The first-order valence-corrected chi connectivity index (χ1v) is 6.63. The van der Waals surface area contributed by atoms with Gasteiger partial charge < -0.3 is 5.32 Å². The Bertz CT molecular complexity index is 305. The van der Waals surface area contributed by atoms with E-state index in [0.29, 0.717) is 5.92 Å². The highest BCUT2D eigenvalue weighted by Gasteiger charge is 2.19. The standard InChI is InChI=1S/C11H19N3S/c1-8(2)11-14-13-10(15-11)4-3-7-12-9-5-6-9/h8-9,12H,3-7H2,1-2H3. The molecule has 0 spiro atoms. The first-order valence-electron chi connectivity index (χ1n) is 5.81. The van der Waals surface area contributed by atoms with Gasteiger partial charge in [0, 0.05) is 18.4 Å². The minimum absolute atomic E-state index is 0.515. The molecule has 15 heavy (non-hydrogen) atoms. The van der Waals surface area contributed by atoms with E-state index in [1.54, 1.807) is 11.3 Å². The summed E-state index contributed by atoms with van der Waals surface area (Å²) >= 11 is 1.77. The molecule has 2 rings (SSSR count). The van der Waals surface area contributed by atoms with E-state index in [4.69, 9.17) is 0 Å². The molecule has 0 bridgehead atoms. The molecule has 1 aromatic rings. The summed E-state index contributed by atoms with van der Waals surface area (Å²) in [7, 11) is 0. The molecule has 0 saturated heterocycles. The van der Waals surface area contributed by atoms with Crippen molar-refractivity contribution in [3.05, 3.63) is 10.0 Å². The second-order valence-corrected chi connectivity index (χ2v) is 5.61. The van der Waals surface area contributed by atoms with Crippen LogP contribution in [-0.4, -0.2) is 22.8 Å². The number of hydrogen-bond donors (Lipinski definition) is 1. The van der Waals surface area contributed by atoms with Crippen molar-refractivity contribution in [1.29, 1.82) is 0 Å². The van der Waals surface area contributed by atoms with E-state index in [9.17, 15) is 0 Å². The van der Waals surface area contributed by atoms with Crippen LogP contribution in [0, 0.1) is 0 Å². The Morgan fingerprint density at radius 2 is 2.20 bits per heavy atom. The maximum absolute atomic E-state index is 4.21. The van der Waals surface area contributed by atoms with Crippen molar-refractivity contribution in [2.45, 2.75) is 51.5 Å². The number of nitrogens with one attached hydrogen (secondary N) is 1. The van der Waals surface area contributed by atoms with Crippen LogP contribution in [0.15, 0.2) is 0 Å². The van der Waals surface area contributed by atoms with Crippen molar-refractivity contribution in [1.82, 2.24) is 15.5 Å². The van der Waals surface area contributed by atoms with Gasteiger partial charge in [0.15, 0.2) is 0 Å². The van der Waals surface area contributed by atoms with Gasteiger partial charge in [-0.25, -0.2) is 0 Å². The lowest BCUT2D eigenvalue weighted by Crippen LogP contribution is -2.17. The van der Waals surface area contributed by atoms with Gasteiger partial charge in [-0.1, -0.05) is 13.8 Å². The Hall–Kier alpha value is -0.480. The maximum atomic E-state index is 4.21. The summed E-state index contributed by atoms with van der Waals surface area (Å²) in [5, 5.41) is 14.3. The lowest BCUT2D eigenvalue weighted by atomic mass is 10.2. The minimum atomic E-state index is 0.515. The zero-order chi connectivity index (χ0) is 10.7. The van der Waals surface area contributed by atoms with Crippen LogP contribution >= 0.6 is 11.3 Å². The van der Waals surface area contributed by atoms with Crippen molar-refractivity contribution in [3.8, 4) is 0 Å². The lowest BCUT2D eigenvalue weighted by Gasteiger charge is -1.99. The molecule has 0 atom stereocenters. The SMILES string of the molecule is CC(C)c1nnc(CCCNC2CC2)s1. The smallest absolute Gasteiger partial charge is 0.119 e. The van der Waals surface area contributed by atoms with Crippen LogP contribution in [0.1, 0.15) is 49.0 Å². The Morgan fingerprint density at radius 1 is 1.40 bits per heavy atom. The number of hydrogen-bond acceptors (Lipinski definition) is 4. The van der Waals surface area contributed by atoms with Crippen LogP contribution in [-0.2, 0) is 6.42 Å². The van der Waals surface area contributed by atoms with Gasteiger partial charge >= 0.3 is 0 Å². The molecule has 4 heteroatoms. The lowest BCUT2D eigenvalue weighted by molar-refractivity contribution is 0.642. The highest BCUT2D eigenvalue weighted by molar-refractivity contribution is 7.11. The molecule has 0 aromatic carbocycles. The largest absolute Gasteiger partial charge is 0.314 e. The summed E-state index contributed by atoms with van der Waals surface area (Å²) in [5.74, 6) is 0.515. The van der Waals surface area contributed by atoms with Gasteiger partial charge in [-0.15, -0.1) is 21.5 Å². The Labute approximate surface area is 95.3 Å². The third-order valence-corrected chi connectivity index (χ3v) is 3.84. The molecule has 1 aliphatic carbocycles. The van der Waals surface area contributed by atoms with E-state index < -0.39 is 0 Å². The molecule has 1 aliphatic rings. The molecule has 0 amide bonds. The molecule has 84 valence electrons. The summed E-state index contributed by atoms with van der Waals surface area (Å²) < 4.78 is 0. The number of aromatic nitrogens is 2. The first-order chi connectivity index (χ1) is 7.25. The molecule has 1 N–H and O–H groups in total. The number of aryl methyl sites for hydroxylation is 1. The Balaban J connectivity index is 1.67. The molecule has 0 radical (unpaired) electrons. The van der Waals surface area contributed by atoms with Crippen LogP contribution in [0.5, 0.6) is 0 Å². The second kappa shape index (κ2) is 5.03. The van der Waals surface area contributed by atoms with E-state index in [1.165, 1.54) is 29.3 Å². The molecular formula is C11H19N3S. The van der Waals surface area contributed by atoms with E-state index in [1.807, 2.05) is 0 Å². The van der Waals surface area contributed by atoms with Gasteiger partial charge in [-0.05, 0) is 25.8 Å². The summed E-state index contributed by atoms with van der Waals surface area (Å²) in [6, 6.07) is 0.825. The van der Waals surface area contributed by atoms with Crippen LogP contribution in [0.25, 0.3) is 0 Å². The van der Waals surface area contributed by atoms with Crippen molar-refractivity contribution in [2.75, 3.05) is 6.54 Å². The Kier molecular flexibility index (Phi) is 3.70. The number of nitrogens with zero attached hydrogens (tertiary/aromatic N) is 2. The average molecular weight is 225 g/mol. The summed E-state index contributed by atoms with van der Waals surface area (Å²) in [6.45, 7) is 5.46. The van der Waals surface area contributed by atoms with E-state index in [-0.39, 0.29) is 0 Å². The predicted molar refractivity (Wildman–Crippen MR) is 63.3 cm³/mol. The third-order valence-electron chi connectivity index (χ3n) is 2.55. The molecular weight excluding hydrogens is 206 g/mol. The average Bonchev–Trinajstić information content (AvgIpc) is 2.90. The molecule has 0 aliphatic heterocycles. The molecule has 3 nitrogen and oxygen atoms in total. The van der Waals surface area contributed by atoms with Crippen LogP contribution < -0.4 is 5.32 Å². The highest BCUT2D eigenvalue weighted by atomic mass is 32.1. The minimum Gasteiger partial charge on any atom is -0.314 e. The van der Waals surface area contributed by atoms with Crippen molar-refractivity contribution >= 4 is 11.3 Å². The summed E-state index contributed by atoms with van der Waals surface area (Å²) in [5.41, 5.74) is 0. The normalized spacial score (nSPS) is 16.2. The van der Waals surface area contributed by atoms with Gasteiger partial charge in [0.1, 0.15) is 10.0 Å². The second-order valence-electron chi connectivity index (χ2n) is 4.52. The van der Waals surface area contributed by atoms with Gasteiger partial charge in [-0.3, -0.25) is 0 Å². The van der Waals surface area contributed by atoms with E-state index in [0.717, 1.165) is 19.0 Å². The van der Waals surface area contributed by atoms with Crippen LogP contribution in [0.3, 0.4) is 0 Å². The zero-order valence-corrected chi connectivity index (χ0v) is 10.3. The quantitative estimate of drug-likeness (QED) is 0.755. The topological polar surface area (TPSA) is 37.8 Å².